The molecule has 0 aliphatic carbocycles. The molecule has 25 heavy (non-hydrogen) atoms. The van der Waals surface area contributed by atoms with Crippen molar-refractivity contribution in [3.63, 3.8) is 0 Å². The molecule has 4 aromatic rings. The van der Waals surface area contributed by atoms with Crippen LogP contribution in [0.1, 0.15) is 11.4 Å². The van der Waals surface area contributed by atoms with Crippen LogP contribution in [0, 0.1) is 3.57 Å². The monoisotopic (exact) mass is 438 g/mol. The Morgan fingerprint density at radius 3 is 2.64 bits per heavy atom. The average molecular weight is 438 g/mol. The molecule has 122 valence electrons. The van der Waals surface area contributed by atoms with E-state index in [-0.39, 0.29) is 5.56 Å². The highest BCUT2D eigenvalue weighted by molar-refractivity contribution is 14.1. The van der Waals surface area contributed by atoms with Gasteiger partial charge in [-0.25, -0.2) is 4.98 Å². The summed E-state index contributed by atoms with van der Waals surface area (Å²) in [6, 6.07) is 20.2. The highest BCUT2D eigenvalue weighted by Crippen LogP contribution is 2.20. The van der Waals surface area contributed by atoms with Crippen molar-refractivity contribution < 1.29 is 0 Å². The van der Waals surface area contributed by atoms with E-state index in [4.69, 9.17) is 0 Å². The lowest BCUT2D eigenvalue weighted by Gasteiger charge is -2.07. The number of nitrogens with zero attached hydrogens (tertiary/aromatic N) is 2. The first kappa shape index (κ1) is 16.0. The lowest BCUT2D eigenvalue weighted by Crippen LogP contribution is -2.20. The zero-order valence-corrected chi connectivity index (χ0v) is 15.8. The zero-order chi connectivity index (χ0) is 17.4. The third-order valence-corrected chi connectivity index (χ3v) is 4.98. The minimum Gasteiger partial charge on any atom is -0.296 e. The summed E-state index contributed by atoms with van der Waals surface area (Å²) < 4.78 is 2.63. The van der Waals surface area contributed by atoms with Crippen LogP contribution in [0.25, 0.3) is 33.8 Å². The van der Waals surface area contributed by atoms with Gasteiger partial charge in [0.05, 0.1) is 10.9 Å². The molecule has 0 saturated carbocycles. The van der Waals surface area contributed by atoms with E-state index in [0.717, 1.165) is 14.7 Å². The molecular formula is C21H15IN2O. The second-order valence-electron chi connectivity index (χ2n) is 5.90. The average Bonchev–Trinajstić information content (AvgIpc) is 2.64. The Bertz CT molecular complexity index is 1190. The SMILES string of the molecule is Cn1c(/C=C/c2cccc3ccccc23)nc2ccc(I)cc2c1=O. The van der Waals surface area contributed by atoms with E-state index < -0.39 is 0 Å². The molecule has 0 N–H and O–H groups in total. The van der Waals surface area contributed by atoms with Gasteiger partial charge < -0.3 is 0 Å². The highest BCUT2D eigenvalue weighted by atomic mass is 127. The summed E-state index contributed by atoms with van der Waals surface area (Å²) in [4.78, 5) is 17.3. The van der Waals surface area contributed by atoms with Crippen molar-refractivity contribution >= 4 is 56.4 Å². The summed E-state index contributed by atoms with van der Waals surface area (Å²) >= 11 is 2.21. The van der Waals surface area contributed by atoms with E-state index in [2.05, 4.69) is 51.8 Å². The number of aromatic nitrogens is 2. The van der Waals surface area contributed by atoms with Gasteiger partial charge in [-0.1, -0.05) is 48.5 Å². The molecule has 4 rings (SSSR count). The number of hydrogen-bond donors (Lipinski definition) is 0. The van der Waals surface area contributed by atoms with Gasteiger partial charge in [-0.2, -0.15) is 0 Å². The van der Waals surface area contributed by atoms with Crippen molar-refractivity contribution in [2.45, 2.75) is 0 Å². The number of fused-ring (bicyclic) bond motifs is 2. The lowest BCUT2D eigenvalue weighted by atomic mass is 10.0. The number of halogens is 1. The highest BCUT2D eigenvalue weighted by Gasteiger charge is 2.07. The Kier molecular flexibility index (Phi) is 4.13. The van der Waals surface area contributed by atoms with Gasteiger partial charge in [-0.3, -0.25) is 9.36 Å². The van der Waals surface area contributed by atoms with Crippen LogP contribution in [0.5, 0.6) is 0 Å². The van der Waals surface area contributed by atoms with E-state index in [9.17, 15) is 4.79 Å². The number of benzene rings is 3. The van der Waals surface area contributed by atoms with Gasteiger partial charge in [0, 0.05) is 10.6 Å². The predicted molar refractivity (Wildman–Crippen MR) is 113 cm³/mol. The summed E-state index contributed by atoms with van der Waals surface area (Å²) in [7, 11) is 1.76. The Hall–Kier alpha value is -2.47. The summed E-state index contributed by atoms with van der Waals surface area (Å²) in [6.07, 6.45) is 3.92. The maximum absolute atomic E-state index is 12.6. The molecule has 0 aliphatic rings. The first-order valence-electron chi connectivity index (χ1n) is 7.95. The summed E-state index contributed by atoms with van der Waals surface area (Å²) in [5.74, 6) is 0.645. The minimum atomic E-state index is -0.0268. The first-order chi connectivity index (χ1) is 12.1. The molecular weight excluding hydrogens is 423 g/mol. The lowest BCUT2D eigenvalue weighted by molar-refractivity contribution is 0.828. The first-order valence-corrected chi connectivity index (χ1v) is 9.03. The molecule has 1 aromatic heterocycles. The largest absolute Gasteiger partial charge is 0.296 e. The van der Waals surface area contributed by atoms with Crippen molar-refractivity contribution in [2.24, 2.45) is 7.05 Å². The van der Waals surface area contributed by atoms with Crippen LogP contribution in [-0.2, 0) is 7.05 Å². The third-order valence-electron chi connectivity index (χ3n) is 4.31. The van der Waals surface area contributed by atoms with E-state index >= 15 is 0 Å². The van der Waals surface area contributed by atoms with E-state index in [1.54, 1.807) is 11.6 Å². The summed E-state index contributed by atoms with van der Waals surface area (Å²) in [5.41, 5.74) is 1.80. The third kappa shape index (κ3) is 2.98. The Labute approximate surface area is 158 Å². The van der Waals surface area contributed by atoms with E-state index in [1.807, 2.05) is 48.6 Å². The molecule has 4 heteroatoms. The van der Waals surface area contributed by atoms with Crippen molar-refractivity contribution in [3.8, 4) is 0 Å². The maximum atomic E-state index is 12.6. The molecule has 0 fully saturated rings. The summed E-state index contributed by atoms with van der Waals surface area (Å²) in [5, 5.41) is 3.03. The van der Waals surface area contributed by atoms with E-state index in [1.165, 1.54) is 10.8 Å². The Morgan fingerprint density at radius 1 is 0.960 bits per heavy atom. The van der Waals surface area contributed by atoms with Crippen molar-refractivity contribution in [2.75, 3.05) is 0 Å². The summed E-state index contributed by atoms with van der Waals surface area (Å²) in [6.45, 7) is 0. The molecule has 0 unspecified atom stereocenters. The van der Waals surface area contributed by atoms with Crippen LogP contribution < -0.4 is 5.56 Å². The molecule has 0 aliphatic heterocycles. The van der Waals surface area contributed by atoms with Crippen LogP contribution in [0.2, 0.25) is 0 Å². The second kappa shape index (κ2) is 6.44. The van der Waals surface area contributed by atoms with Crippen LogP contribution in [0.3, 0.4) is 0 Å². The van der Waals surface area contributed by atoms with Gasteiger partial charge in [-0.15, -0.1) is 0 Å². The van der Waals surface area contributed by atoms with Gasteiger partial charge in [0.25, 0.3) is 5.56 Å². The van der Waals surface area contributed by atoms with Crippen molar-refractivity contribution in [1.82, 2.24) is 9.55 Å². The Morgan fingerprint density at radius 2 is 1.76 bits per heavy atom. The molecule has 1 heterocycles. The van der Waals surface area contributed by atoms with Gasteiger partial charge in [0.1, 0.15) is 5.82 Å². The van der Waals surface area contributed by atoms with Gasteiger partial charge in [-0.05, 0) is 63.2 Å². The van der Waals surface area contributed by atoms with Crippen LogP contribution >= 0.6 is 22.6 Å². The fourth-order valence-corrected chi connectivity index (χ4v) is 3.46. The van der Waals surface area contributed by atoms with Gasteiger partial charge >= 0.3 is 0 Å². The van der Waals surface area contributed by atoms with E-state index in [0.29, 0.717) is 11.2 Å². The molecule has 0 amide bonds. The van der Waals surface area contributed by atoms with Crippen molar-refractivity contribution in [3.05, 3.63) is 86.0 Å². The van der Waals surface area contributed by atoms with Gasteiger partial charge in [0.15, 0.2) is 0 Å². The molecule has 0 radical (unpaired) electrons. The number of hydrogen-bond acceptors (Lipinski definition) is 2. The fourth-order valence-electron chi connectivity index (χ4n) is 2.97. The molecule has 0 bridgehead atoms. The normalized spacial score (nSPS) is 11.6. The number of rotatable bonds is 2. The van der Waals surface area contributed by atoms with Crippen LogP contribution in [-0.4, -0.2) is 9.55 Å². The maximum Gasteiger partial charge on any atom is 0.261 e. The van der Waals surface area contributed by atoms with Crippen molar-refractivity contribution in [1.29, 1.82) is 0 Å². The zero-order valence-electron chi connectivity index (χ0n) is 13.6. The molecule has 0 atom stereocenters. The topological polar surface area (TPSA) is 34.9 Å². The molecule has 0 spiro atoms. The quantitative estimate of drug-likeness (QED) is 0.419. The second-order valence-corrected chi connectivity index (χ2v) is 7.14. The smallest absolute Gasteiger partial charge is 0.261 e. The minimum absolute atomic E-state index is 0.0268. The fraction of sp³-hybridized carbons (Fsp3) is 0.0476. The molecule has 3 aromatic carbocycles. The Balaban J connectivity index is 1.85. The van der Waals surface area contributed by atoms with Crippen LogP contribution in [0.15, 0.2) is 65.5 Å². The molecule has 0 saturated heterocycles. The predicted octanol–water partition coefficient (Wildman–Crippen LogP) is 4.86. The van der Waals surface area contributed by atoms with Crippen LogP contribution in [0.4, 0.5) is 0 Å². The van der Waals surface area contributed by atoms with Gasteiger partial charge in [0.2, 0.25) is 0 Å². The molecule has 3 nitrogen and oxygen atoms in total. The standard InChI is InChI=1S/C21H15IN2O/c1-24-20(23-19-11-10-16(22)13-18(19)21(24)25)12-9-15-7-4-6-14-5-2-3-8-17(14)15/h2-13H,1H3/b12-9+.